The lowest BCUT2D eigenvalue weighted by Crippen LogP contribution is -2.35. The van der Waals surface area contributed by atoms with Gasteiger partial charge in [0, 0.05) is 19.6 Å². The molecule has 1 aromatic rings. The van der Waals surface area contributed by atoms with Crippen molar-refractivity contribution in [3.8, 4) is 5.75 Å². The number of hydrogen-bond donors (Lipinski definition) is 2. The summed E-state index contributed by atoms with van der Waals surface area (Å²) in [6, 6.07) is 7.44. The minimum Gasteiger partial charge on any atom is -0.490 e. The van der Waals surface area contributed by atoms with E-state index in [4.69, 9.17) is 10.5 Å². The van der Waals surface area contributed by atoms with Crippen LogP contribution in [0.3, 0.4) is 0 Å². The number of para-hydroxylation sites is 2. The van der Waals surface area contributed by atoms with Crippen molar-refractivity contribution in [3.63, 3.8) is 0 Å². The number of nitrogens with two attached hydrogens (primary N) is 1. The van der Waals surface area contributed by atoms with E-state index < -0.39 is 0 Å². The number of nitrogens with one attached hydrogen (secondary N) is 1. The Labute approximate surface area is 107 Å². The summed E-state index contributed by atoms with van der Waals surface area (Å²) < 4.78 is 5.62. The molecule has 0 spiro atoms. The van der Waals surface area contributed by atoms with Crippen molar-refractivity contribution < 1.29 is 9.53 Å². The lowest BCUT2D eigenvalue weighted by molar-refractivity contribution is -0.121. The van der Waals surface area contributed by atoms with Gasteiger partial charge in [0.2, 0.25) is 5.91 Å². The zero-order valence-electron chi connectivity index (χ0n) is 10.4. The fraction of sp³-hybridized carbons (Fsp3) is 0.462. The Morgan fingerprint density at radius 1 is 1.39 bits per heavy atom. The van der Waals surface area contributed by atoms with Crippen molar-refractivity contribution in [2.24, 2.45) is 0 Å². The molecule has 18 heavy (non-hydrogen) atoms. The number of amides is 1. The lowest BCUT2D eigenvalue weighted by Gasteiger charge is -2.18. The molecular weight excluding hydrogens is 230 g/mol. The number of ether oxygens (including phenoxy) is 1. The quantitative estimate of drug-likeness (QED) is 0.761. The average molecular weight is 249 g/mol. The predicted octanol–water partition coefficient (Wildman–Crippen LogP) is 0.470. The second kappa shape index (κ2) is 6.26. The number of carbonyl (C=O) groups excluding carboxylic acids is 1. The zero-order chi connectivity index (χ0) is 12.8. The molecule has 1 heterocycles. The first kappa shape index (κ1) is 12.7. The lowest BCUT2D eigenvalue weighted by atomic mass is 10.3. The molecule has 0 atom stereocenters. The first-order chi connectivity index (χ1) is 8.75. The van der Waals surface area contributed by atoms with Gasteiger partial charge in [0.25, 0.3) is 0 Å². The summed E-state index contributed by atoms with van der Waals surface area (Å²) in [7, 11) is 0. The molecule has 1 aliphatic heterocycles. The fourth-order valence-corrected chi connectivity index (χ4v) is 1.96. The second-order valence-electron chi connectivity index (χ2n) is 4.37. The van der Waals surface area contributed by atoms with E-state index in [-0.39, 0.29) is 5.91 Å². The fourth-order valence-electron chi connectivity index (χ4n) is 1.96. The molecule has 5 nitrogen and oxygen atoms in total. The van der Waals surface area contributed by atoms with Crippen molar-refractivity contribution in [3.05, 3.63) is 24.3 Å². The number of carbonyl (C=O) groups is 1. The van der Waals surface area contributed by atoms with Gasteiger partial charge in [-0.25, -0.2) is 0 Å². The molecule has 1 amide bonds. The van der Waals surface area contributed by atoms with E-state index in [2.05, 4.69) is 10.2 Å². The molecule has 5 heteroatoms. The number of benzene rings is 1. The van der Waals surface area contributed by atoms with Crippen LogP contribution in [-0.2, 0) is 4.79 Å². The van der Waals surface area contributed by atoms with E-state index in [9.17, 15) is 4.79 Å². The van der Waals surface area contributed by atoms with E-state index in [1.807, 2.05) is 24.3 Å². The van der Waals surface area contributed by atoms with Gasteiger partial charge in [0.05, 0.1) is 12.2 Å². The van der Waals surface area contributed by atoms with E-state index in [1.54, 1.807) is 0 Å². The first-order valence-corrected chi connectivity index (χ1v) is 6.22. The van der Waals surface area contributed by atoms with Crippen molar-refractivity contribution in [2.75, 3.05) is 38.5 Å². The van der Waals surface area contributed by atoms with Crippen LogP contribution in [-0.4, -0.2) is 43.6 Å². The molecule has 1 aromatic carbocycles. The van der Waals surface area contributed by atoms with E-state index >= 15 is 0 Å². The summed E-state index contributed by atoms with van der Waals surface area (Å²) >= 11 is 0. The number of nitrogens with zero attached hydrogens (tertiary/aromatic N) is 1. The van der Waals surface area contributed by atoms with Crippen LogP contribution in [0.2, 0.25) is 0 Å². The van der Waals surface area contributed by atoms with Crippen LogP contribution >= 0.6 is 0 Å². The van der Waals surface area contributed by atoms with Gasteiger partial charge in [0.15, 0.2) is 0 Å². The number of rotatable bonds is 4. The first-order valence-electron chi connectivity index (χ1n) is 6.22. The molecule has 1 fully saturated rings. The van der Waals surface area contributed by atoms with Gasteiger partial charge in [-0.1, -0.05) is 12.1 Å². The highest BCUT2D eigenvalue weighted by Crippen LogP contribution is 2.19. The Morgan fingerprint density at radius 2 is 2.22 bits per heavy atom. The maximum Gasteiger partial charge on any atom is 0.234 e. The van der Waals surface area contributed by atoms with Gasteiger partial charge in [-0.15, -0.1) is 0 Å². The van der Waals surface area contributed by atoms with E-state index in [0.717, 1.165) is 26.1 Å². The molecule has 0 aliphatic carbocycles. The summed E-state index contributed by atoms with van der Waals surface area (Å²) in [5, 5.41) is 2.85. The Bertz CT molecular complexity index is 409. The number of anilines is 1. The Kier molecular flexibility index (Phi) is 4.41. The largest absolute Gasteiger partial charge is 0.490 e. The Hall–Kier alpha value is -1.75. The summed E-state index contributed by atoms with van der Waals surface area (Å²) in [5.74, 6) is 0.795. The van der Waals surface area contributed by atoms with Crippen LogP contribution in [0.25, 0.3) is 0 Å². The maximum atomic E-state index is 11.4. The van der Waals surface area contributed by atoms with Crippen molar-refractivity contribution in [2.45, 2.75) is 6.42 Å². The van der Waals surface area contributed by atoms with Crippen molar-refractivity contribution in [1.29, 1.82) is 0 Å². The van der Waals surface area contributed by atoms with Crippen LogP contribution in [0.1, 0.15) is 6.42 Å². The normalized spacial score (nSPS) is 17.0. The van der Waals surface area contributed by atoms with Gasteiger partial charge in [0.1, 0.15) is 12.4 Å². The molecular formula is C13H19N3O2. The SMILES string of the molecule is Nc1ccccc1OCCN1CCCNC(=O)C1. The van der Waals surface area contributed by atoms with Gasteiger partial charge < -0.3 is 15.8 Å². The minimum atomic E-state index is 0.0896. The van der Waals surface area contributed by atoms with Gasteiger partial charge in [-0.05, 0) is 18.6 Å². The molecule has 0 aromatic heterocycles. The molecule has 0 radical (unpaired) electrons. The van der Waals surface area contributed by atoms with Crippen molar-refractivity contribution >= 4 is 11.6 Å². The van der Waals surface area contributed by atoms with Gasteiger partial charge >= 0.3 is 0 Å². The highest BCUT2D eigenvalue weighted by molar-refractivity contribution is 5.78. The topological polar surface area (TPSA) is 67.6 Å². The van der Waals surface area contributed by atoms with E-state index in [0.29, 0.717) is 24.6 Å². The third-order valence-corrected chi connectivity index (χ3v) is 2.92. The standard InChI is InChI=1S/C13H19N3O2/c14-11-4-1-2-5-12(11)18-9-8-16-7-3-6-15-13(17)10-16/h1-2,4-5H,3,6-10,14H2,(H,15,17). The van der Waals surface area contributed by atoms with Crippen LogP contribution < -0.4 is 15.8 Å². The number of nitrogen functional groups attached to an aromatic ring is 1. The predicted molar refractivity (Wildman–Crippen MR) is 70.4 cm³/mol. The highest BCUT2D eigenvalue weighted by atomic mass is 16.5. The third kappa shape index (κ3) is 3.63. The average Bonchev–Trinajstić information content (AvgIpc) is 2.56. The molecule has 1 saturated heterocycles. The summed E-state index contributed by atoms with van der Waals surface area (Å²) in [5.41, 5.74) is 6.43. The molecule has 2 rings (SSSR count). The molecule has 0 saturated carbocycles. The second-order valence-corrected chi connectivity index (χ2v) is 4.37. The summed E-state index contributed by atoms with van der Waals surface area (Å²) in [6.45, 7) is 3.42. The molecule has 98 valence electrons. The third-order valence-electron chi connectivity index (χ3n) is 2.92. The van der Waals surface area contributed by atoms with Gasteiger partial charge in [-0.3, -0.25) is 9.69 Å². The van der Waals surface area contributed by atoms with Crippen LogP contribution in [0, 0.1) is 0 Å². The van der Waals surface area contributed by atoms with Crippen LogP contribution in [0.15, 0.2) is 24.3 Å². The summed E-state index contributed by atoms with van der Waals surface area (Å²) in [4.78, 5) is 13.5. The van der Waals surface area contributed by atoms with Crippen LogP contribution in [0.5, 0.6) is 5.75 Å². The minimum absolute atomic E-state index is 0.0896. The number of hydrogen-bond acceptors (Lipinski definition) is 4. The monoisotopic (exact) mass is 249 g/mol. The van der Waals surface area contributed by atoms with Crippen molar-refractivity contribution in [1.82, 2.24) is 10.2 Å². The van der Waals surface area contributed by atoms with Gasteiger partial charge in [-0.2, -0.15) is 0 Å². The maximum absolute atomic E-state index is 11.4. The summed E-state index contributed by atoms with van der Waals surface area (Å²) in [6.07, 6.45) is 0.985. The molecule has 3 N–H and O–H groups in total. The highest BCUT2D eigenvalue weighted by Gasteiger charge is 2.14. The molecule has 0 bridgehead atoms. The Morgan fingerprint density at radius 3 is 3.06 bits per heavy atom. The van der Waals surface area contributed by atoms with Crippen LogP contribution in [0.4, 0.5) is 5.69 Å². The molecule has 0 unspecified atom stereocenters. The smallest absolute Gasteiger partial charge is 0.234 e. The zero-order valence-corrected chi connectivity index (χ0v) is 10.4. The van der Waals surface area contributed by atoms with E-state index in [1.165, 1.54) is 0 Å². The Balaban J connectivity index is 1.78. The molecule has 1 aliphatic rings.